The second kappa shape index (κ2) is 6.76. The van der Waals surface area contributed by atoms with Crippen molar-refractivity contribution in [2.45, 2.75) is 52.4 Å². The van der Waals surface area contributed by atoms with E-state index in [1.165, 1.54) is 0 Å². The molecule has 1 fully saturated rings. The highest BCUT2D eigenvalue weighted by Gasteiger charge is 2.45. The van der Waals surface area contributed by atoms with E-state index in [1.807, 2.05) is 6.92 Å². The molecule has 0 heterocycles. The molecule has 0 saturated heterocycles. The van der Waals surface area contributed by atoms with Crippen LogP contribution in [0.2, 0.25) is 0 Å². The molecule has 0 amide bonds. The summed E-state index contributed by atoms with van der Waals surface area (Å²) in [5, 5.41) is 18.5. The van der Waals surface area contributed by atoms with Crippen LogP contribution in [0.3, 0.4) is 0 Å². The topological polar surface area (TPSA) is 74.6 Å². The maximum Gasteiger partial charge on any atom is 0.307 e. The van der Waals surface area contributed by atoms with Gasteiger partial charge in [0.1, 0.15) is 0 Å². The molecule has 0 spiro atoms. The summed E-state index contributed by atoms with van der Waals surface area (Å²) in [7, 11) is 0. The summed E-state index contributed by atoms with van der Waals surface area (Å²) in [6.07, 6.45) is 5.37. The van der Waals surface area contributed by atoms with Crippen LogP contribution < -0.4 is 0 Å². The highest BCUT2D eigenvalue weighted by atomic mass is 16.4. The van der Waals surface area contributed by atoms with Crippen molar-refractivity contribution in [3.05, 3.63) is 0 Å². The molecule has 4 unspecified atom stereocenters. The molecule has 1 aliphatic carbocycles. The molecule has 1 rings (SSSR count). The molecule has 0 aliphatic heterocycles. The predicted molar refractivity (Wildman–Crippen MR) is 68.3 cm³/mol. The summed E-state index contributed by atoms with van der Waals surface area (Å²) >= 11 is 0. The Morgan fingerprint density at radius 1 is 1.11 bits per heavy atom. The maximum absolute atomic E-state index is 11.4. The van der Waals surface area contributed by atoms with Gasteiger partial charge >= 0.3 is 11.9 Å². The fourth-order valence-corrected chi connectivity index (χ4v) is 3.42. The van der Waals surface area contributed by atoms with Gasteiger partial charge in [0.25, 0.3) is 0 Å². The largest absolute Gasteiger partial charge is 0.481 e. The zero-order valence-electron chi connectivity index (χ0n) is 11.3. The van der Waals surface area contributed by atoms with Crippen molar-refractivity contribution in [2.24, 2.45) is 23.7 Å². The summed E-state index contributed by atoms with van der Waals surface area (Å²) in [5.74, 6) is -2.89. The molecule has 0 aromatic heterocycles. The smallest absolute Gasteiger partial charge is 0.307 e. The van der Waals surface area contributed by atoms with E-state index in [-0.39, 0.29) is 5.92 Å². The maximum atomic E-state index is 11.4. The van der Waals surface area contributed by atoms with Gasteiger partial charge in [-0.1, -0.05) is 39.5 Å². The SMILES string of the molecule is CCCCC1CCC(C(=O)O)C(C(=O)O)C1CC. The molecule has 4 nitrogen and oxygen atoms in total. The van der Waals surface area contributed by atoms with Gasteiger partial charge in [0.05, 0.1) is 11.8 Å². The van der Waals surface area contributed by atoms with Crippen molar-refractivity contribution in [3.8, 4) is 0 Å². The van der Waals surface area contributed by atoms with Gasteiger partial charge in [-0.05, 0) is 24.7 Å². The van der Waals surface area contributed by atoms with Gasteiger partial charge in [-0.2, -0.15) is 0 Å². The molecule has 0 radical (unpaired) electrons. The number of rotatable bonds is 6. The van der Waals surface area contributed by atoms with Crippen LogP contribution in [0.1, 0.15) is 52.4 Å². The Labute approximate surface area is 108 Å². The van der Waals surface area contributed by atoms with Crippen LogP contribution in [0.4, 0.5) is 0 Å². The molecule has 0 aromatic carbocycles. The minimum atomic E-state index is -0.949. The molecule has 0 aromatic rings. The Kier molecular flexibility index (Phi) is 5.63. The van der Waals surface area contributed by atoms with Gasteiger partial charge in [-0.25, -0.2) is 0 Å². The average molecular weight is 256 g/mol. The van der Waals surface area contributed by atoms with Crippen LogP contribution in [-0.2, 0) is 9.59 Å². The van der Waals surface area contributed by atoms with Crippen molar-refractivity contribution in [3.63, 3.8) is 0 Å². The number of hydrogen-bond acceptors (Lipinski definition) is 2. The minimum Gasteiger partial charge on any atom is -0.481 e. The summed E-state index contributed by atoms with van der Waals surface area (Å²) in [4.78, 5) is 22.6. The third kappa shape index (κ3) is 3.24. The molecular formula is C14H24O4. The summed E-state index contributed by atoms with van der Waals surface area (Å²) in [5.41, 5.74) is 0. The number of carbonyl (C=O) groups is 2. The standard InChI is InChI=1S/C14H24O4/c1-3-5-6-9-7-8-11(13(15)16)12(14(17)18)10(9)4-2/h9-12H,3-8H2,1-2H3,(H,15,16)(H,17,18). The van der Waals surface area contributed by atoms with E-state index in [0.29, 0.717) is 12.3 Å². The summed E-state index contributed by atoms with van der Waals surface area (Å²) in [6, 6.07) is 0. The monoisotopic (exact) mass is 256 g/mol. The molecule has 1 aliphatic rings. The van der Waals surface area contributed by atoms with Crippen LogP contribution in [0.5, 0.6) is 0 Å². The van der Waals surface area contributed by atoms with Crippen molar-refractivity contribution in [1.82, 2.24) is 0 Å². The second-order valence-electron chi connectivity index (χ2n) is 5.36. The average Bonchev–Trinajstić information content (AvgIpc) is 2.34. The van der Waals surface area contributed by atoms with E-state index in [2.05, 4.69) is 6.92 Å². The van der Waals surface area contributed by atoms with E-state index in [9.17, 15) is 14.7 Å². The zero-order chi connectivity index (χ0) is 13.7. The van der Waals surface area contributed by atoms with Crippen molar-refractivity contribution in [2.75, 3.05) is 0 Å². The number of hydrogen-bond donors (Lipinski definition) is 2. The van der Waals surface area contributed by atoms with E-state index < -0.39 is 23.8 Å². The van der Waals surface area contributed by atoms with Crippen LogP contribution in [0, 0.1) is 23.7 Å². The summed E-state index contributed by atoms with van der Waals surface area (Å²) < 4.78 is 0. The van der Waals surface area contributed by atoms with Gasteiger partial charge in [0.2, 0.25) is 0 Å². The number of aliphatic carboxylic acids is 2. The summed E-state index contributed by atoms with van der Waals surface area (Å²) in [6.45, 7) is 4.10. The molecule has 4 heteroatoms. The first-order valence-electron chi connectivity index (χ1n) is 6.98. The van der Waals surface area contributed by atoms with Crippen LogP contribution in [0.25, 0.3) is 0 Å². The van der Waals surface area contributed by atoms with Crippen LogP contribution in [-0.4, -0.2) is 22.2 Å². The van der Waals surface area contributed by atoms with E-state index in [4.69, 9.17) is 5.11 Å². The molecule has 2 N–H and O–H groups in total. The van der Waals surface area contributed by atoms with E-state index in [1.54, 1.807) is 0 Å². The number of unbranched alkanes of at least 4 members (excludes halogenated alkanes) is 1. The Morgan fingerprint density at radius 2 is 1.78 bits per heavy atom. The van der Waals surface area contributed by atoms with E-state index in [0.717, 1.165) is 32.1 Å². The van der Waals surface area contributed by atoms with Crippen LogP contribution >= 0.6 is 0 Å². The quantitative estimate of drug-likeness (QED) is 0.766. The molecule has 18 heavy (non-hydrogen) atoms. The predicted octanol–water partition coefficient (Wildman–Crippen LogP) is 3.01. The van der Waals surface area contributed by atoms with Gasteiger partial charge in [0, 0.05) is 0 Å². The number of carboxylic acids is 2. The molecule has 4 atom stereocenters. The third-order valence-electron chi connectivity index (χ3n) is 4.35. The molecule has 0 bridgehead atoms. The lowest BCUT2D eigenvalue weighted by molar-refractivity contribution is -0.160. The van der Waals surface area contributed by atoms with Gasteiger partial charge < -0.3 is 10.2 Å². The minimum absolute atomic E-state index is 0.0175. The first kappa shape index (κ1) is 15.0. The van der Waals surface area contributed by atoms with Gasteiger partial charge in [-0.15, -0.1) is 0 Å². The number of carboxylic acid groups (broad SMARTS) is 2. The van der Waals surface area contributed by atoms with Gasteiger partial charge in [-0.3, -0.25) is 9.59 Å². The molecule has 104 valence electrons. The Bertz CT molecular complexity index is 300. The third-order valence-corrected chi connectivity index (χ3v) is 4.35. The first-order chi connectivity index (χ1) is 8.52. The molecule has 1 saturated carbocycles. The van der Waals surface area contributed by atoms with Crippen molar-refractivity contribution < 1.29 is 19.8 Å². The Hall–Kier alpha value is -1.06. The fourth-order valence-electron chi connectivity index (χ4n) is 3.42. The lowest BCUT2D eigenvalue weighted by atomic mass is 9.64. The zero-order valence-corrected chi connectivity index (χ0v) is 11.3. The normalized spacial score (nSPS) is 32.1. The van der Waals surface area contributed by atoms with Crippen molar-refractivity contribution >= 4 is 11.9 Å². The Balaban J connectivity index is 2.85. The second-order valence-corrected chi connectivity index (χ2v) is 5.36. The highest BCUT2D eigenvalue weighted by Crippen LogP contribution is 2.43. The van der Waals surface area contributed by atoms with Crippen molar-refractivity contribution in [1.29, 1.82) is 0 Å². The Morgan fingerprint density at radius 3 is 2.22 bits per heavy atom. The van der Waals surface area contributed by atoms with E-state index >= 15 is 0 Å². The molecular weight excluding hydrogens is 232 g/mol. The fraction of sp³-hybridized carbons (Fsp3) is 0.857. The van der Waals surface area contributed by atoms with Gasteiger partial charge in [0.15, 0.2) is 0 Å². The van der Waals surface area contributed by atoms with Crippen LogP contribution in [0.15, 0.2) is 0 Å². The highest BCUT2D eigenvalue weighted by molar-refractivity contribution is 5.80. The lowest BCUT2D eigenvalue weighted by Gasteiger charge is -2.39. The first-order valence-corrected chi connectivity index (χ1v) is 6.98. The lowest BCUT2D eigenvalue weighted by Crippen LogP contribution is -2.42.